The van der Waals surface area contributed by atoms with Gasteiger partial charge in [-0.05, 0) is 31.2 Å². The first-order valence-electron chi connectivity index (χ1n) is 9.50. The van der Waals surface area contributed by atoms with Gasteiger partial charge in [-0.2, -0.15) is 0 Å². The molecule has 25 heavy (non-hydrogen) atoms. The molecule has 0 saturated carbocycles. The van der Waals surface area contributed by atoms with E-state index in [-0.39, 0.29) is 11.4 Å². The molecular formula is C20H28FNO3. The van der Waals surface area contributed by atoms with Gasteiger partial charge in [0.25, 0.3) is 0 Å². The van der Waals surface area contributed by atoms with Crippen LogP contribution in [0.1, 0.15) is 24.8 Å². The van der Waals surface area contributed by atoms with Gasteiger partial charge in [-0.1, -0.05) is 18.2 Å². The van der Waals surface area contributed by atoms with Crippen LogP contribution in [0.3, 0.4) is 0 Å². The molecule has 0 unspecified atom stereocenters. The zero-order chi connectivity index (χ0) is 17.1. The monoisotopic (exact) mass is 349 g/mol. The molecule has 0 amide bonds. The quantitative estimate of drug-likeness (QED) is 0.790. The van der Waals surface area contributed by atoms with Crippen LogP contribution in [-0.4, -0.2) is 56.6 Å². The van der Waals surface area contributed by atoms with E-state index < -0.39 is 0 Å². The van der Waals surface area contributed by atoms with E-state index in [9.17, 15) is 4.39 Å². The smallest absolute Gasteiger partial charge is 0.127 e. The van der Waals surface area contributed by atoms with Crippen LogP contribution in [-0.2, 0) is 20.8 Å². The Labute approximate surface area is 149 Å². The fourth-order valence-electron chi connectivity index (χ4n) is 4.35. The van der Waals surface area contributed by atoms with Gasteiger partial charge in [0.1, 0.15) is 5.82 Å². The van der Waals surface area contributed by atoms with Gasteiger partial charge in [0.2, 0.25) is 0 Å². The minimum atomic E-state index is -0.118. The summed E-state index contributed by atoms with van der Waals surface area (Å²) in [4.78, 5) is 2.27. The van der Waals surface area contributed by atoms with Gasteiger partial charge in [-0.3, -0.25) is 4.90 Å². The number of likely N-dealkylation sites (tertiary alicyclic amines) is 1. The Balaban J connectivity index is 1.24. The second-order valence-electron chi connectivity index (χ2n) is 7.73. The third kappa shape index (κ3) is 3.90. The fraction of sp³-hybridized carbons (Fsp3) is 0.700. The highest BCUT2D eigenvalue weighted by atomic mass is 19.1. The lowest BCUT2D eigenvalue weighted by Gasteiger charge is -2.50. The average Bonchev–Trinajstić information content (AvgIpc) is 3.01. The second-order valence-corrected chi connectivity index (χ2v) is 7.73. The highest BCUT2D eigenvalue weighted by Gasteiger charge is 2.52. The van der Waals surface area contributed by atoms with Crippen molar-refractivity contribution in [2.45, 2.75) is 31.4 Å². The molecule has 3 aliphatic rings. The Hall–Kier alpha value is -1.01. The summed E-state index contributed by atoms with van der Waals surface area (Å²) in [6.45, 7) is 6.61. The molecule has 0 aliphatic carbocycles. The zero-order valence-corrected chi connectivity index (χ0v) is 14.8. The van der Waals surface area contributed by atoms with E-state index in [4.69, 9.17) is 14.2 Å². The minimum absolute atomic E-state index is 0.0685. The van der Waals surface area contributed by atoms with Crippen LogP contribution in [0.2, 0.25) is 0 Å². The predicted molar refractivity (Wildman–Crippen MR) is 92.8 cm³/mol. The highest BCUT2D eigenvalue weighted by molar-refractivity contribution is 5.18. The lowest BCUT2D eigenvalue weighted by molar-refractivity contribution is -0.147. The summed E-state index contributed by atoms with van der Waals surface area (Å²) in [6.07, 6.45) is 3.30. The molecule has 3 saturated heterocycles. The molecule has 0 N–H and O–H groups in total. The molecule has 3 heterocycles. The lowest BCUT2D eigenvalue weighted by atomic mass is 9.81. The van der Waals surface area contributed by atoms with Gasteiger partial charge >= 0.3 is 0 Å². The van der Waals surface area contributed by atoms with E-state index in [0.29, 0.717) is 18.4 Å². The molecule has 5 heteroatoms. The molecule has 1 atom stereocenters. The van der Waals surface area contributed by atoms with Crippen LogP contribution in [0.15, 0.2) is 24.3 Å². The predicted octanol–water partition coefficient (Wildman–Crippen LogP) is 2.86. The van der Waals surface area contributed by atoms with Crippen LogP contribution in [0.4, 0.5) is 4.39 Å². The second kappa shape index (κ2) is 7.70. The van der Waals surface area contributed by atoms with Crippen molar-refractivity contribution in [3.63, 3.8) is 0 Å². The number of hydrogen-bond acceptors (Lipinski definition) is 4. The van der Waals surface area contributed by atoms with Crippen LogP contribution in [0, 0.1) is 17.7 Å². The maximum atomic E-state index is 13.8. The van der Waals surface area contributed by atoms with E-state index >= 15 is 0 Å². The summed E-state index contributed by atoms with van der Waals surface area (Å²) >= 11 is 0. The van der Waals surface area contributed by atoms with Crippen molar-refractivity contribution in [2.24, 2.45) is 11.8 Å². The Bertz CT molecular complexity index is 570. The maximum Gasteiger partial charge on any atom is 0.127 e. The first kappa shape index (κ1) is 17.4. The fourth-order valence-corrected chi connectivity index (χ4v) is 4.35. The van der Waals surface area contributed by atoms with Gasteiger partial charge in [0.05, 0.1) is 12.2 Å². The largest absolute Gasteiger partial charge is 0.381 e. The van der Waals surface area contributed by atoms with Gasteiger partial charge in [0, 0.05) is 57.5 Å². The standard InChI is InChI=1S/C20H28FNO3/c21-19-4-2-1-3-17(19)11-22-14-20(15-22)18(7-10-25-20)13-24-12-16-5-8-23-9-6-16/h1-4,16,18H,5-15H2/t18-/m0/s1. The summed E-state index contributed by atoms with van der Waals surface area (Å²) < 4.78 is 31.4. The molecule has 0 radical (unpaired) electrons. The average molecular weight is 349 g/mol. The summed E-state index contributed by atoms with van der Waals surface area (Å²) in [6, 6.07) is 7.03. The first-order chi connectivity index (χ1) is 12.3. The molecule has 1 spiro atoms. The van der Waals surface area contributed by atoms with Crippen molar-refractivity contribution in [3.05, 3.63) is 35.6 Å². The van der Waals surface area contributed by atoms with E-state index in [0.717, 1.165) is 70.9 Å². The molecule has 4 rings (SSSR count). The Morgan fingerprint density at radius 3 is 2.68 bits per heavy atom. The van der Waals surface area contributed by atoms with E-state index in [1.807, 2.05) is 12.1 Å². The number of ether oxygens (including phenoxy) is 3. The van der Waals surface area contributed by atoms with Gasteiger partial charge in [-0.15, -0.1) is 0 Å². The summed E-state index contributed by atoms with van der Waals surface area (Å²) in [5.74, 6) is 0.988. The number of benzene rings is 1. The topological polar surface area (TPSA) is 30.9 Å². The summed E-state index contributed by atoms with van der Waals surface area (Å²) in [5.41, 5.74) is 0.698. The number of hydrogen-bond donors (Lipinski definition) is 0. The zero-order valence-electron chi connectivity index (χ0n) is 14.8. The summed E-state index contributed by atoms with van der Waals surface area (Å²) in [5, 5.41) is 0. The van der Waals surface area contributed by atoms with Crippen LogP contribution >= 0.6 is 0 Å². The molecule has 0 aromatic heterocycles. The van der Waals surface area contributed by atoms with Gasteiger partial charge < -0.3 is 14.2 Å². The molecule has 3 aliphatic heterocycles. The summed E-state index contributed by atoms with van der Waals surface area (Å²) in [7, 11) is 0. The third-order valence-corrected chi connectivity index (χ3v) is 5.95. The molecule has 3 fully saturated rings. The van der Waals surface area contributed by atoms with Gasteiger partial charge in [-0.25, -0.2) is 4.39 Å². The van der Waals surface area contributed by atoms with Crippen LogP contribution in [0.25, 0.3) is 0 Å². The van der Waals surface area contributed by atoms with Crippen molar-refractivity contribution in [2.75, 3.05) is 46.1 Å². The number of halogens is 1. The molecule has 1 aromatic carbocycles. The van der Waals surface area contributed by atoms with Crippen molar-refractivity contribution < 1.29 is 18.6 Å². The minimum Gasteiger partial charge on any atom is -0.381 e. The Morgan fingerprint density at radius 1 is 1.08 bits per heavy atom. The number of rotatable bonds is 6. The lowest BCUT2D eigenvalue weighted by Crippen LogP contribution is -2.64. The van der Waals surface area contributed by atoms with Gasteiger partial charge in [0.15, 0.2) is 0 Å². The van der Waals surface area contributed by atoms with Crippen molar-refractivity contribution in [1.82, 2.24) is 4.90 Å². The Kier molecular flexibility index (Phi) is 5.36. The van der Waals surface area contributed by atoms with E-state index in [1.54, 1.807) is 6.07 Å². The van der Waals surface area contributed by atoms with Crippen LogP contribution in [0.5, 0.6) is 0 Å². The van der Waals surface area contributed by atoms with E-state index in [1.165, 1.54) is 6.07 Å². The molecule has 0 bridgehead atoms. The maximum absolute atomic E-state index is 13.8. The van der Waals surface area contributed by atoms with Crippen molar-refractivity contribution in [1.29, 1.82) is 0 Å². The third-order valence-electron chi connectivity index (χ3n) is 5.95. The molecular weight excluding hydrogens is 321 g/mol. The normalized spacial score (nSPS) is 26.8. The van der Waals surface area contributed by atoms with Crippen molar-refractivity contribution >= 4 is 0 Å². The Morgan fingerprint density at radius 2 is 1.88 bits per heavy atom. The molecule has 1 aromatic rings. The SMILES string of the molecule is Fc1ccccc1CN1CC2(C1)OCC[C@H]2COCC1CCOCC1. The first-order valence-corrected chi connectivity index (χ1v) is 9.50. The van der Waals surface area contributed by atoms with E-state index in [2.05, 4.69) is 4.90 Å². The number of nitrogens with zero attached hydrogens (tertiary/aromatic N) is 1. The van der Waals surface area contributed by atoms with Crippen molar-refractivity contribution in [3.8, 4) is 0 Å². The van der Waals surface area contributed by atoms with Crippen LogP contribution < -0.4 is 0 Å². The molecule has 4 nitrogen and oxygen atoms in total. The molecule has 138 valence electrons. The highest BCUT2D eigenvalue weighted by Crippen LogP contribution is 2.40.